The number of aliphatic carboxylic acids is 2. The number of nitrogens with one attached hydrogen (secondary N) is 2. The van der Waals surface area contributed by atoms with E-state index >= 15 is 0 Å². The van der Waals surface area contributed by atoms with Crippen LogP contribution >= 0.6 is 15.9 Å². The number of aromatic amines is 2. The first-order valence-corrected chi connectivity index (χ1v) is 24.5. The highest BCUT2D eigenvalue weighted by atomic mass is 79.9. The van der Waals surface area contributed by atoms with Gasteiger partial charge in [0.15, 0.2) is 0 Å². The molecule has 2 atom stereocenters. The quantitative estimate of drug-likeness (QED) is 0.0776. The van der Waals surface area contributed by atoms with E-state index in [2.05, 4.69) is 71.2 Å². The van der Waals surface area contributed by atoms with Crippen molar-refractivity contribution in [3.8, 4) is 0 Å². The number of alkyl halides is 1. The molecule has 1 aromatic carbocycles. The highest BCUT2D eigenvalue weighted by Crippen LogP contribution is 2.37. The molecule has 2 aliphatic rings. The third kappa shape index (κ3) is 13.3. The van der Waals surface area contributed by atoms with Crippen molar-refractivity contribution in [3.63, 3.8) is 0 Å². The van der Waals surface area contributed by atoms with Gasteiger partial charge in [-0.3, -0.25) is 24.1 Å². The summed E-state index contributed by atoms with van der Waals surface area (Å²) in [6.07, 6.45) is 5.85. The van der Waals surface area contributed by atoms with Crippen LogP contribution in [0.5, 0.6) is 0 Å². The number of aryl methyl sites for hydroxylation is 6. The molecule has 2 saturated heterocycles. The number of hydrogen-bond acceptors (Lipinski definition) is 19. The van der Waals surface area contributed by atoms with Crippen LogP contribution < -0.4 is 39.9 Å². The fraction of sp³-hybridized carbons (Fsp3) is 0.488. The molecule has 33 heteroatoms. The lowest BCUT2D eigenvalue weighted by atomic mass is 9.99. The minimum atomic E-state index is -1.82. The van der Waals surface area contributed by atoms with Crippen molar-refractivity contribution in [1.82, 2.24) is 91.7 Å². The predicted octanol–water partition coefficient (Wildman–Crippen LogP) is -1.40. The number of piperidine rings is 1. The molecule has 6 N–H and O–H groups in total. The number of rotatable bonds is 10. The Kier molecular flexibility index (Phi) is 18.6. The van der Waals surface area contributed by atoms with E-state index in [-0.39, 0.29) is 29.1 Å². The van der Waals surface area contributed by atoms with E-state index in [0.29, 0.717) is 72.3 Å². The Hall–Kier alpha value is -8.33. The molecule has 7 aromatic heterocycles. The van der Waals surface area contributed by atoms with Crippen molar-refractivity contribution in [3.05, 3.63) is 122 Å². The molecule has 9 heterocycles. The zero-order valence-electron chi connectivity index (χ0n) is 42.3. The summed E-state index contributed by atoms with van der Waals surface area (Å²) in [6, 6.07) is 7.65. The molecule has 408 valence electrons. The Morgan fingerprint density at radius 3 is 1.68 bits per heavy atom. The van der Waals surface area contributed by atoms with E-state index in [0.717, 1.165) is 79.0 Å². The minimum absolute atomic E-state index is 0.142. The van der Waals surface area contributed by atoms with E-state index < -0.39 is 34.7 Å². The van der Waals surface area contributed by atoms with Gasteiger partial charge >= 0.3 is 46.1 Å². The Labute approximate surface area is 435 Å². The number of H-pyrrole nitrogens is 2. The summed E-state index contributed by atoms with van der Waals surface area (Å²) < 4.78 is 29.4. The SMILES string of the molecule is Cc1nc(N)n[nH]1.Cc1nc2[nH]c(=O)n(C)c(=O)n2n1.Cc1nc2n(CCCBr)c(=O)n(C)c(=O)n2n1.Cc1nc2n(CCCN3C4CCC3CC(OCc3ccccc3F)C4)c(=O)n(C)c(=O)n2n1.O=C(O)C(=O)O. The summed E-state index contributed by atoms with van der Waals surface area (Å²) in [4.78, 5) is 110. The van der Waals surface area contributed by atoms with Crippen LogP contribution in [0.2, 0.25) is 0 Å². The maximum atomic E-state index is 13.9. The summed E-state index contributed by atoms with van der Waals surface area (Å²) >= 11 is 3.31. The first-order valence-electron chi connectivity index (χ1n) is 23.4. The van der Waals surface area contributed by atoms with Gasteiger partial charge in [-0.15, -0.1) is 33.9 Å². The van der Waals surface area contributed by atoms with Crippen LogP contribution in [0.3, 0.4) is 0 Å². The van der Waals surface area contributed by atoms with Crippen molar-refractivity contribution in [1.29, 1.82) is 0 Å². The Morgan fingerprint density at radius 1 is 0.711 bits per heavy atom. The third-order valence-electron chi connectivity index (χ3n) is 11.9. The molecule has 2 unspecified atom stereocenters. The number of carboxylic acids is 2. The summed E-state index contributed by atoms with van der Waals surface area (Å²) in [6.45, 7) is 8.97. The molecule has 0 aliphatic carbocycles. The van der Waals surface area contributed by atoms with E-state index in [1.165, 1.54) is 40.9 Å². The van der Waals surface area contributed by atoms with E-state index in [9.17, 15) is 33.2 Å². The summed E-state index contributed by atoms with van der Waals surface area (Å²) in [5.74, 6) is -0.671. The summed E-state index contributed by atoms with van der Waals surface area (Å²) in [5, 5.41) is 33.6. The predicted molar refractivity (Wildman–Crippen MR) is 270 cm³/mol. The molecule has 2 bridgehead atoms. The zero-order chi connectivity index (χ0) is 55.7. The average Bonchev–Trinajstić information content (AvgIpc) is 4.21. The van der Waals surface area contributed by atoms with E-state index in [1.54, 1.807) is 39.8 Å². The zero-order valence-corrected chi connectivity index (χ0v) is 43.9. The lowest BCUT2D eigenvalue weighted by Gasteiger charge is -2.39. The Morgan fingerprint density at radius 2 is 1.21 bits per heavy atom. The van der Waals surface area contributed by atoms with Crippen molar-refractivity contribution < 1.29 is 28.9 Å². The number of benzene rings is 1. The van der Waals surface area contributed by atoms with Gasteiger partial charge in [-0.25, -0.2) is 56.4 Å². The molecule has 8 aromatic rings. The molecular formula is C43H56BrFN20O11. The number of nitrogen functional groups attached to an aromatic ring is 1. The summed E-state index contributed by atoms with van der Waals surface area (Å²) in [5.41, 5.74) is 3.04. The topological polar surface area (TPSA) is 388 Å². The second-order valence-electron chi connectivity index (χ2n) is 17.4. The first-order chi connectivity index (χ1) is 36.0. The molecule has 2 fully saturated rings. The second-order valence-corrected chi connectivity index (χ2v) is 18.2. The van der Waals surface area contributed by atoms with Crippen LogP contribution in [0.15, 0.2) is 53.0 Å². The molecule has 76 heavy (non-hydrogen) atoms. The van der Waals surface area contributed by atoms with Crippen molar-refractivity contribution in [2.24, 2.45) is 21.1 Å². The van der Waals surface area contributed by atoms with Gasteiger partial charge in [-0.05, 0) is 72.3 Å². The number of nitrogens with zero attached hydrogens (tertiary/aromatic N) is 17. The van der Waals surface area contributed by atoms with Gasteiger partial charge in [0, 0.05) is 63.8 Å². The van der Waals surface area contributed by atoms with Crippen LogP contribution in [0, 0.1) is 33.5 Å². The number of hydrogen-bond donors (Lipinski definition) is 5. The van der Waals surface area contributed by atoms with Gasteiger partial charge < -0.3 is 20.7 Å². The molecule has 10 rings (SSSR count). The normalized spacial score (nSPS) is 15.8. The van der Waals surface area contributed by atoms with Gasteiger partial charge in [0.1, 0.15) is 29.1 Å². The number of halogens is 2. The van der Waals surface area contributed by atoms with Crippen molar-refractivity contribution in [2.45, 2.75) is 104 Å². The standard InChI is InChI=1S/C23H29FN6O3.C9H12BrN5O2.C6H7N5O2.C3H6N4.C2H2O4/c1-15-25-21-29(22(31)27(2)23(32)30(21)26-15)11-5-10-28-17-8-9-18(28)13-19(12-17)33-14-16-6-3-4-7-20(16)24;1-6-11-7-14(5-3-4-10)8(16)13(2)9(17)15(7)12-6;1-3-7-4-8-5(12)10(2)6(13)11(4)9-3;1-2-5-3(4)7-6-2;3-1(4)2(5)6/h3-4,6-7,17-19H,5,8-14H2,1-2H3;3-5H2,1-2H3;1-2H3,(H,7,8,9,12);1H3,(H3,4,5,6,7);(H,3,4)(H,5,6). The van der Waals surface area contributed by atoms with Crippen molar-refractivity contribution >= 4 is 51.1 Å². The fourth-order valence-corrected chi connectivity index (χ4v) is 8.61. The number of aromatic nitrogens is 18. The fourth-order valence-electron chi connectivity index (χ4n) is 8.36. The average molecular weight is 1130 g/mol. The lowest BCUT2D eigenvalue weighted by molar-refractivity contribution is -0.159. The minimum Gasteiger partial charge on any atom is -0.473 e. The maximum absolute atomic E-state index is 13.9. The molecule has 0 amide bonds. The molecule has 2 aliphatic heterocycles. The number of nitrogens with two attached hydrogens (primary N) is 1. The number of carbonyl (C=O) groups is 2. The molecular weight excluding hydrogens is 1070 g/mol. The number of anilines is 1. The third-order valence-corrected chi connectivity index (χ3v) is 12.5. The largest absolute Gasteiger partial charge is 0.473 e. The van der Waals surface area contributed by atoms with Gasteiger partial charge in [0.2, 0.25) is 23.3 Å². The maximum Gasteiger partial charge on any atom is 0.414 e. The van der Waals surface area contributed by atoms with E-state index in [4.69, 9.17) is 30.3 Å². The van der Waals surface area contributed by atoms with Crippen LogP contribution in [-0.2, 0) is 55.2 Å². The molecule has 0 radical (unpaired) electrons. The van der Waals surface area contributed by atoms with Crippen LogP contribution in [0.4, 0.5) is 10.3 Å². The van der Waals surface area contributed by atoms with Crippen molar-refractivity contribution in [2.75, 3.05) is 17.6 Å². The monoisotopic (exact) mass is 1130 g/mol. The number of carboxylic acid groups (broad SMARTS) is 2. The Balaban J connectivity index is 0.000000181. The van der Waals surface area contributed by atoms with Gasteiger partial charge in [-0.2, -0.15) is 19.9 Å². The highest BCUT2D eigenvalue weighted by Gasteiger charge is 2.40. The Bertz CT molecular complexity index is 3710. The van der Waals surface area contributed by atoms with Gasteiger partial charge in [-0.1, -0.05) is 34.1 Å². The number of fused-ring (bicyclic) bond motifs is 5. The summed E-state index contributed by atoms with van der Waals surface area (Å²) in [7, 11) is 4.27. The van der Waals surface area contributed by atoms with Crippen LogP contribution in [0.1, 0.15) is 67.4 Å². The molecule has 0 saturated carbocycles. The lowest BCUT2D eigenvalue weighted by Crippen LogP contribution is -2.46. The first kappa shape index (κ1) is 57.0. The van der Waals surface area contributed by atoms with Gasteiger partial charge in [0.05, 0.1) is 12.7 Å². The molecule has 31 nitrogen and oxygen atoms in total. The number of ether oxygens (including phenoxy) is 1. The smallest absolute Gasteiger partial charge is 0.414 e. The van der Waals surface area contributed by atoms with Crippen LogP contribution in [-0.4, -0.2) is 144 Å². The highest BCUT2D eigenvalue weighted by molar-refractivity contribution is 9.09. The van der Waals surface area contributed by atoms with E-state index in [1.807, 2.05) is 6.07 Å². The molecule has 0 spiro atoms. The van der Waals surface area contributed by atoms with Gasteiger partial charge in [0.25, 0.3) is 0 Å². The van der Waals surface area contributed by atoms with Crippen LogP contribution in [0.25, 0.3) is 17.3 Å². The second kappa shape index (κ2) is 24.8.